The molecule has 0 saturated carbocycles. The Hall–Kier alpha value is -1.62. The van der Waals surface area contributed by atoms with Gasteiger partial charge in [0.15, 0.2) is 0 Å². The van der Waals surface area contributed by atoms with Gasteiger partial charge in [-0.05, 0) is 31.0 Å². The van der Waals surface area contributed by atoms with Crippen LogP contribution in [0.3, 0.4) is 0 Å². The lowest BCUT2D eigenvalue weighted by molar-refractivity contribution is 0.157. The van der Waals surface area contributed by atoms with Gasteiger partial charge in [0.1, 0.15) is 5.82 Å². The Morgan fingerprint density at radius 1 is 1.56 bits per heavy atom. The van der Waals surface area contributed by atoms with Gasteiger partial charge in [0, 0.05) is 13.6 Å². The van der Waals surface area contributed by atoms with Gasteiger partial charge in [0.05, 0.1) is 12.6 Å². The van der Waals surface area contributed by atoms with Crippen molar-refractivity contribution in [1.82, 2.24) is 10.2 Å². The minimum absolute atomic E-state index is 0.0838. The molecule has 100 valence electrons. The lowest BCUT2D eigenvalue weighted by atomic mass is 10.1. The molecular weight excluding hydrogens is 235 g/mol. The van der Waals surface area contributed by atoms with Crippen molar-refractivity contribution < 1.29 is 14.3 Å². The van der Waals surface area contributed by atoms with E-state index in [9.17, 15) is 9.18 Å². The number of amides is 2. The van der Waals surface area contributed by atoms with Gasteiger partial charge in [0.2, 0.25) is 0 Å². The molecule has 0 heterocycles. The Balaban J connectivity index is 2.54. The molecule has 0 radical (unpaired) electrons. The van der Waals surface area contributed by atoms with Gasteiger partial charge in [-0.25, -0.2) is 9.18 Å². The van der Waals surface area contributed by atoms with E-state index in [-0.39, 0.29) is 24.5 Å². The highest BCUT2D eigenvalue weighted by Gasteiger charge is 2.14. The van der Waals surface area contributed by atoms with Crippen LogP contribution in [0.5, 0.6) is 0 Å². The molecule has 1 aromatic carbocycles. The number of rotatable bonds is 4. The fraction of sp³-hybridized carbons (Fsp3) is 0.462. The highest BCUT2D eigenvalue weighted by Crippen LogP contribution is 2.09. The van der Waals surface area contributed by atoms with Gasteiger partial charge in [-0.1, -0.05) is 12.1 Å². The summed E-state index contributed by atoms with van der Waals surface area (Å²) in [6.45, 7) is 3.68. The first-order chi connectivity index (χ1) is 8.45. The number of aliphatic hydroxyl groups is 1. The average molecular weight is 254 g/mol. The zero-order chi connectivity index (χ0) is 13.7. The maximum absolute atomic E-state index is 13.1. The molecule has 1 rings (SSSR count). The third-order valence-electron chi connectivity index (χ3n) is 2.91. The number of benzene rings is 1. The van der Waals surface area contributed by atoms with Gasteiger partial charge in [-0.15, -0.1) is 0 Å². The summed E-state index contributed by atoms with van der Waals surface area (Å²) < 4.78 is 13.1. The van der Waals surface area contributed by atoms with Crippen molar-refractivity contribution in [1.29, 1.82) is 0 Å². The van der Waals surface area contributed by atoms with Crippen LogP contribution in [0.4, 0.5) is 9.18 Å². The number of aliphatic hydroxyl groups excluding tert-OH is 1. The number of nitrogens with one attached hydrogen (secondary N) is 1. The Bertz CT molecular complexity index is 423. The average Bonchev–Trinajstić information content (AvgIpc) is 2.37. The van der Waals surface area contributed by atoms with Crippen molar-refractivity contribution in [3.05, 3.63) is 35.1 Å². The van der Waals surface area contributed by atoms with Gasteiger partial charge in [-0.3, -0.25) is 0 Å². The molecule has 4 nitrogen and oxygen atoms in total. The minimum Gasteiger partial charge on any atom is -0.394 e. The van der Waals surface area contributed by atoms with Gasteiger partial charge >= 0.3 is 6.03 Å². The van der Waals surface area contributed by atoms with Crippen molar-refractivity contribution in [2.24, 2.45) is 0 Å². The van der Waals surface area contributed by atoms with E-state index in [1.165, 1.54) is 11.0 Å². The van der Waals surface area contributed by atoms with E-state index in [0.29, 0.717) is 12.1 Å². The van der Waals surface area contributed by atoms with Gasteiger partial charge < -0.3 is 15.3 Å². The first-order valence-electron chi connectivity index (χ1n) is 5.82. The standard InChI is InChI=1S/C13H19FN2O2/c1-9-6-11(4-5-12(9)14)7-15-13(18)16(3)10(2)8-17/h4-6,10,17H,7-8H2,1-3H3,(H,15,18). The van der Waals surface area contributed by atoms with Crippen LogP contribution in [-0.2, 0) is 6.54 Å². The number of carbonyl (C=O) groups excluding carboxylic acids is 1. The zero-order valence-electron chi connectivity index (χ0n) is 10.9. The molecule has 1 aromatic rings. The molecule has 0 aliphatic carbocycles. The number of urea groups is 1. The van der Waals surface area contributed by atoms with E-state index in [2.05, 4.69) is 5.32 Å². The number of hydrogen-bond acceptors (Lipinski definition) is 2. The highest BCUT2D eigenvalue weighted by atomic mass is 19.1. The number of hydrogen-bond donors (Lipinski definition) is 2. The molecule has 0 fully saturated rings. The monoisotopic (exact) mass is 254 g/mol. The fourth-order valence-electron chi connectivity index (χ4n) is 1.44. The summed E-state index contributed by atoms with van der Waals surface area (Å²) in [6.07, 6.45) is 0. The summed E-state index contributed by atoms with van der Waals surface area (Å²) in [5.74, 6) is -0.254. The maximum Gasteiger partial charge on any atom is 0.317 e. The van der Waals surface area contributed by atoms with Crippen molar-refractivity contribution >= 4 is 6.03 Å². The summed E-state index contributed by atoms with van der Waals surface area (Å²) >= 11 is 0. The van der Waals surface area contributed by atoms with Gasteiger partial charge in [-0.2, -0.15) is 0 Å². The van der Waals surface area contributed by atoms with Crippen LogP contribution in [-0.4, -0.2) is 35.7 Å². The van der Waals surface area contributed by atoms with E-state index in [4.69, 9.17) is 5.11 Å². The normalized spacial score (nSPS) is 12.1. The smallest absolute Gasteiger partial charge is 0.317 e. The largest absolute Gasteiger partial charge is 0.394 e. The van der Waals surface area contributed by atoms with Crippen molar-refractivity contribution in [2.45, 2.75) is 26.4 Å². The number of carbonyl (C=O) groups is 1. The molecule has 0 aromatic heterocycles. The molecule has 1 unspecified atom stereocenters. The summed E-state index contributed by atoms with van der Waals surface area (Å²) in [4.78, 5) is 13.1. The lowest BCUT2D eigenvalue weighted by Gasteiger charge is -2.23. The number of aryl methyl sites for hydroxylation is 1. The van der Waals surface area contributed by atoms with Crippen LogP contribution in [0.15, 0.2) is 18.2 Å². The molecule has 2 amide bonds. The molecule has 0 aliphatic heterocycles. The zero-order valence-corrected chi connectivity index (χ0v) is 10.9. The quantitative estimate of drug-likeness (QED) is 0.858. The van der Waals surface area contributed by atoms with Crippen LogP contribution in [0.2, 0.25) is 0 Å². The summed E-state index contributed by atoms with van der Waals surface area (Å²) in [6, 6.07) is 4.22. The van der Waals surface area contributed by atoms with Gasteiger partial charge in [0.25, 0.3) is 0 Å². The first-order valence-corrected chi connectivity index (χ1v) is 5.82. The lowest BCUT2D eigenvalue weighted by Crippen LogP contribution is -2.43. The number of likely N-dealkylation sites (N-methyl/N-ethyl adjacent to an activating group) is 1. The molecule has 2 N–H and O–H groups in total. The molecule has 18 heavy (non-hydrogen) atoms. The molecule has 0 bridgehead atoms. The Kier molecular flexibility index (Phi) is 5.09. The van der Waals surface area contributed by atoms with Crippen LogP contribution in [0.25, 0.3) is 0 Å². The Morgan fingerprint density at radius 3 is 2.78 bits per heavy atom. The van der Waals surface area contributed by atoms with Crippen LogP contribution in [0.1, 0.15) is 18.1 Å². The maximum atomic E-state index is 13.1. The Labute approximate surface area is 106 Å². The first kappa shape index (κ1) is 14.4. The molecular formula is C13H19FN2O2. The summed E-state index contributed by atoms with van der Waals surface area (Å²) in [7, 11) is 1.62. The second kappa shape index (κ2) is 6.35. The van der Waals surface area contributed by atoms with E-state index in [1.807, 2.05) is 0 Å². The minimum atomic E-state index is -0.265. The van der Waals surface area contributed by atoms with Crippen LogP contribution < -0.4 is 5.32 Å². The van der Waals surface area contributed by atoms with Crippen LogP contribution >= 0.6 is 0 Å². The summed E-state index contributed by atoms with van der Waals surface area (Å²) in [5.41, 5.74) is 1.39. The topological polar surface area (TPSA) is 52.6 Å². The van der Waals surface area contributed by atoms with E-state index >= 15 is 0 Å². The molecule has 0 spiro atoms. The molecule has 0 aliphatic rings. The highest BCUT2D eigenvalue weighted by molar-refractivity contribution is 5.74. The third-order valence-corrected chi connectivity index (χ3v) is 2.91. The second-order valence-electron chi connectivity index (χ2n) is 4.38. The van der Waals surface area contributed by atoms with E-state index in [1.54, 1.807) is 33.0 Å². The molecule has 1 atom stereocenters. The van der Waals surface area contributed by atoms with Crippen molar-refractivity contribution in [2.75, 3.05) is 13.7 Å². The second-order valence-corrected chi connectivity index (χ2v) is 4.38. The van der Waals surface area contributed by atoms with Crippen molar-refractivity contribution in [3.8, 4) is 0 Å². The summed E-state index contributed by atoms with van der Waals surface area (Å²) in [5, 5.41) is 11.7. The third kappa shape index (κ3) is 3.70. The predicted octanol–water partition coefficient (Wildman–Crippen LogP) is 1.66. The number of nitrogens with zero attached hydrogens (tertiary/aromatic N) is 1. The Morgan fingerprint density at radius 2 is 2.22 bits per heavy atom. The number of halogens is 1. The van der Waals surface area contributed by atoms with Crippen molar-refractivity contribution in [3.63, 3.8) is 0 Å². The fourth-order valence-corrected chi connectivity index (χ4v) is 1.44. The molecule has 5 heteroatoms. The van der Waals surface area contributed by atoms with E-state index < -0.39 is 0 Å². The van der Waals surface area contributed by atoms with Crippen LogP contribution in [0, 0.1) is 12.7 Å². The van der Waals surface area contributed by atoms with E-state index in [0.717, 1.165) is 5.56 Å². The predicted molar refractivity (Wildman–Crippen MR) is 67.7 cm³/mol. The SMILES string of the molecule is Cc1cc(CNC(=O)N(C)C(C)CO)ccc1F. The molecule has 0 saturated heterocycles.